The molecule has 1 amide bonds. The number of amides is 1. The van der Waals surface area contributed by atoms with Gasteiger partial charge in [-0.3, -0.25) is 14.3 Å². The van der Waals surface area contributed by atoms with Crippen molar-refractivity contribution >= 4 is 51.8 Å². The third-order valence-corrected chi connectivity index (χ3v) is 6.63. The Morgan fingerprint density at radius 2 is 1.88 bits per heavy atom. The first kappa shape index (κ1) is 28.7. The Morgan fingerprint density at radius 3 is 2.52 bits per heavy atom. The van der Waals surface area contributed by atoms with Gasteiger partial charge in [-0.25, -0.2) is 9.19 Å². The second kappa shape index (κ2) is 12.7. The van der Waals surface area contributed by atoms with Crippen LogP contribution in [0.3, 0.4) is 0 Å². The molecule has 4 aromatic rings. The summed E-state index contributed by atoms with van der Waals surface area (Å²) in [5.41, 5.74) is 4.41. The maximum Gasteiger partial charge on any atom is 0.283 e. The highest BCUT2D eigenvalue weighted by Crippen LogP contribution is 2.37. The van der Waals surface area contributed by atoms with Crippen LogP contribution in [-0.2, 0) is 15.8 Å². The summed E-state index contributed by atoms with van der Waals surface area (Å²) in [5, 5.41) is 7.18. The number of nitrogens with one attached hydrogen (secondary N) is 2. The van der Waals surface area contributed by atoms with Crippen molar-refractivity contribution in [1.29, 1.82) is 0 Å². The number of ether oxygens (including phenoxy) is 1. The van der Waals surface area contributed by atoms with Crippen molar-refractivity contribution in [3.8, 4) is 5.75 Å². The summed E-state index contributed by atoms with van der Waals surface area (Å²) >= 11 is 6.06. The molecule has 0 spiro atoms. The molecule has 2 aromatic carbocycles. The third kappa shape index (κ3) is 6.64. The summed E-state index contributed by atoms with van der Waals surface area (Å²) in [6, 6.07) is 16.0. The molecule has 0 aliphatic heterocycles. The van der Waals surface area contributed by atoms with E-state index in [0.29, 0.717) is 34.6 Å². The van der Waals surface area contributed by atoms with Gasteiger partial charge in [0, 0.05) is 22.9 Å². The Kier molecular flexibility index (Phi) is 9.13. The molecule has 2 aromatic heterocycles. The van der Waals surface area contributed by atoms with Crippen molar-refractivity contribution in [3.05, 3.63) is 106 Å². The Labute approximate surface area is 239 Å². The third-order valence-electron chi connectivity index (χ3n) is 5.94. The van der Waals surface area contributed by atoms with Crippen LogP contribution < -0.4 is 14.8 Å². The first-order valence-electron chi connectivity index (χ1n) is 12.2. The van der Waals surface area contributed by atoms with Gasteiger partial charge in [-0.05, 0) is 38.5 Å². The van der Waals surface area contributed by atoms with Crippen molar-refractivity contribution < 1.29 is 23.1 Å². The predicted octanol–water partition coefficient (Wildman–Crippen LogP) is 5.68. The van der Waals surface area contributed by atoms with Gasteiger partial charge in [0.05, 0.1) is 23.5 Å². The largest absolute Gasteiger partial charge is 0.455 e. The Morgan fingerprint density at radius 1 is 1.12 bits per heavy atom. The van der Waals surface area contributed by atoms with E-state index in [1.807, 2.05) is 63.2 Å². The van der Waals surface area contributed by atoms with E-state index < -0.39 is 22.9 Å². The molecule has 206 valence electrons. The molecule has 0 saturated carbocycles. The highest BCUT2D eigenvalue weighted by Gasteiger charge is 2.23. The average Bonchev–Trinajstić information content (AvgIpc) is 3.45. The molecule has 4 rings (SSSR count). The van der Waals surface area contributed by atoms with E-state index in [0.717, 1.165) is 16.7 Å². The van der Waals surface area contributed by atoms with Gasteiger partial charge in [0.2, 0.25) is 0 Å². The number of carbonyl (C=O) groups is 2. The molecule has 2 heterocycles. The smallest absolute Gasteiger partial charge is 0.283 e. The number of aldehydes is 1. The summed E-state index contributed by atoms with van der Waals surface area (Å²) in [6.45, 7) is 5.79. The molecule has 0 aliphatic carbocycles. The van der Waals surface area contributed by atoms with Crippen LogP contribution in [-0.4, -0.2) is 32.8 Å². The zero-order valence-corrected chi connectivity index (χ0v) is 23.8. The topological polar surface area (TPSA) is 123 Å². The van der Waals surface area contributed by atoms with Crippen molar-refractivity contribution in [3.63, 3.8) is 0 Å². The van der Waals surface area contributed by atoms with Crippen LogP contribution in [0.25, 0.3) is 11.3 Å². The molecular formula is C29H27ClN4O5S. The van der Waals surface area contributed by atoms with Crippen LogP contribution in [0.15, 0.2) is 71.6 Å². The van der Waals surface area contributed by atoms with Crippen LogP contribution >= 0.6 is 11.6 Å². The first-order chi connectivity index (χ1) is 19.2. The minimum Gasteiger partial charge on any atom is -0.455 e. The lowest BCUT2D eigenvalue weighted by Gasteiger charge is -2.24. The fourth-order valence-corrected chi connectivity index (χ4v) is 4.72. The summed E-state index contributed by atoms with van der Waals surface area (Å²) < 4.78 is 25.5. The summed E-state index contributed by atoms with van der Waals surface area (Å²) in [4.78, 5) is 29.2. The highest BCUT2D eigenvalue weighted by atomic mass is 35.5. The maximum atomic E-state index is 12.7. The van der Waals surface area contributed by atoms with E-state index in [4.69, 9.17) is 20.9 Å². The molecule has 0 radical (unpaired) electrons. The Balaban J connectivity index is 1.80. The van der Waals surface area contributed by atoms with Crippen LogP contribution in [0.4, 0.5) is 5.69 Å². The van der Waals surface area contributed by atoms with E-state index in [1.54, 1.807) is 12.1 Å². The van der Waals surface area contributed by atoms with Gasteiger partial charge < -0.3 is 14.6 Å². The molecule has 0 aliphatic rings. The number of allylic oxidation sites excluding steroid dienone is 1. The minimum absolute atomic E-state index is 0.00182. The summed E-state index contributed by atoms with van der Waals surface area (Å²) in [7, 11) is -1.59. The number of carbonyl (C=O) groups excluding carboxylic acids is 2. The molecule has 2 N–H and O–H groups in total. The van der Waals surface area contributed by atoms with E-state index in [1.165, 1.54) is 18.7 Å². The fraction of sp³-hybridized carbons (Fsp3) is 0.172. The predicted molar refractivity (Wildman–Crippen MR) is 155 cm³/mol. The van der Waals surface area contributed by atoms with E-state index in [2.05, 4.69) is 20.2 Å². The second-order valence-electron chi connectivity index (χ2n) is 9.02. The number of hydrogen-bond acceptors (Lipinski definition) is 8. The summed E-state index contributed by atoms with van der Waals surface area (Å²) in [5.74, 6) is 0.231. The number of aromatic nitrogens is 2. The van der Waals surface area contributed by atoms with Crippen LogP contribution in [0.5, 0.6) is 5.75 Å². The monoisotopic (exact) mass is 578 g/mol. The zero-order chi connectivity index (χ0) is 28.8. The SMILES string of the molecule is Cc1cc(C)c(O/C(=C(\C=O)c2cnoc2)c2ccccc2)c(C(C)Nc2ccc(Cl)nc2C(=O)NS(C)=O)c1. The van der Waals surface area contributed by atoms with Crippen molar-refractivity contribution in [2.75, 3.05) is 11.6 Å². The van der Waals surface area contributed by atoms with Crippen LogP contribution in [0, 0.1) is 13.8 Å². The van der Waals surface area contributed by atoms with Crippen molar-refractivity contribution in [2.24, 2.45) is 0 Å². The molecular weight excluding hydrogens is 552 g/mol. The normalized spacial score (nSPS) is 13.1. The first-order valence-corrected chi connectivity index (χ1v) is 14.1. The number of hydrogen-bond donors (Lipinski definition) is 2. The molecule has 0 fully saturated rings. The van der Waals surface area contributed by atoms with Crippen LogP contribution in [0.2, 0.25) is 5.15 Å². The van der Waals surface area contributed by atoms with Gasteiger partial charge in [0.25, 0.3) is 5.91 Å². The van der Waals surface area contributed by atoms with Crippen molar-refractivity contribution in [1.82, 2.24) is 14.9 Å². The molecule has 0 saturated heterocycles. The highest BCUT2D eigenvalue weighted by molar-refractivity contribution is 7.82. The van der Waals surface area contributed by atoms with E-state index in [9.17, 15) is 13.8 Å². The lowest BCUT2D eigenvalue weighted by atomic mass is 9.99. The molecule has 40 heavy (non-hydrogen) atoms. The van der Waals surface area contributed by atoms with E-state index >= 15 is 0 Å². The number of halogens is 1. The second-order valence-corrected chi connectivity index (χ2v) is 10.5. The maximum absolute atomic E-state index is 12.7. The van der Waals surface area contributed by atoms with Crippen LogP contribution in [0.1, 0.15) is 51.3 Å². The van der Waals surface area contributed by atoms with Gasteiger partial charge in [0.1, 0.15) is 33.9 Å². The fourth-order valence-electron chi connectivity index (χ4n) is 4.21. The molecule has 2 atom stereocenters. The number of rotatable bonds is 10. The standard InChI is InChI=1S/C29H27ClN4O5S/c1-17-12-18(2)27(39-28(20-8-6-5-7-9-20)23(15-35)21-14-31-38-16-21)22(13-17)19(3)32-24-10-11-25(30)33-26(24)29(36)34-40(4)37/h5-16,19,32H,1-4H3,(H,34,36)/b28-23+. The van der Waals surface area contributed by atoms with Gasteiger partial charge in [0.15, 0.2) is 12.0 Å². The number of nitrogens with zero attached hydrogens (tertiary/aromatic N) is 2. The molecule has 2 unspecified atom stereocenters. The molecule has 11 heteroatoms. The average molecular weight is 579 g/mol. The molecule has 9 nitrogen and oxygen atoms in total. The number of anilines is 1. The van der Waals surface area contributed by atoms with Gasteiger partial charge in [-0.1, -0.05) is 64.8 Å². The lowest BCUT2D eigenvalue weighted by molar-refractivity contribution is -0.103. The molecule has 0 bridgehead atoms. The van der Waals surface area contributed by atoms with Gasteiger partial charge >= 0.3 is 0 Å². The number of benzene rings is 2. The minimum atomic E-state index is -1.59. The summed E-state index contributed by atoms with van der Waals surface area (Å²) in [6.07, 6.45) is 4.89. The quantitative estimate of drug-likeness (QED) is 0.107. The van der Waals surface area contributed by atoms with Gasteiger partial charge in [-0.2, -0.15) is 0 Å². The Bertz CT molecular complexity index is 1590. The zero-order valence-electron chi connectivity index (χ0n) is 22.2. The van der Waals surface area contributed by atoms with Gasteiger partial charge in [-0.15, -0.1) is 0 Å². The Hall–Kier alpha value is -4.28. The van der Waals surface area contributed by atoms with Crippen molar-refractivity contribution in [2.45, 2.75) is 26.8 Å². The number of pyridine rings is 1. The number of aryl methyl sites for hydroxylation is 2. The lowest BCUT2D eigenvalue weighted by Crippen LogP contribution is -2.27. The van der Waals surface area contributed by atoms with E-state index in [-0.39, 0.29) is 16.4 Å².